The minimum atomic E-state index is 0.221. The maximum absolute atomic E-state index is 6.22. The number of rotatable bonds is 1. The van der Waals surface area contributed by atoms with Gasteiger partial charge in [-0.25, -0.2) is 0 Å². The van der Waals surface area contributed by atoms with Crippen molar-refractivity contribution in [2.45, 2.75) is 39.2 Å². The first-order chi connectivity index (χ1) is 8.66. The fourth-order valence-electron chi connectivity index (χ4n) is 3.06. The number of aryl methyl sites for hydroxylation is 2. The number of fused-ring (bicyclic) bond motifs is 1. The number of hydrogen-bond acceptors (Lipinski definition) is 1. The summed E-state index contributed by atoms with van der Waals surface area (Å²) in [5.41, 5.74) is 12.8. The summed E-state index contributed by atoms with van der Waals surface area (Å²) in [6, 6.07) is 11.2. The van der Waals surface area contributed by atoms with Gasteiger partial charge in [-0.3, -0.25) is 0 Å². The third-order valence-corrected chi connectivity index (χ3v) is 3.91. The second-order valence-corrected chi connectivity index (χ2v) is 5.36. The number of benzene rings is 1. The molecule has 2 heteroatoms. The topological polar surface area (TPSA) is 30.9 Å². The van der Waals surface area contributed by atoms with Crippen molar-refractivity contribution in [3.8, 4) is 5.69 Å². The number of aromatic nitrogens is 1. The standard InChI is InChI=1S/C16H20N2/c1-11-5-3-6-13(9-11)18-12(2)10-14-15(17)7-4-8-16(14)18/h3,5-6,9-10,15H,4,7-8,17H2,1-2H3. The van der Waals surface area contributed by atoms with Gasteiger partial charge in [0.05, 0.1) is 0 Å². The molecular weight excluding hydrogens is 220 g/mol. The zero-order valence-corrected chi connectivity index (χ0v) is 11.1. The van der Waals surface area contributed by atoms with Crippen molar-refractivity contribution in [2.24, 2.45) is 5.73 Å². The Morgan fingerprint density at radius 1 is 1.22 bits per heavy atom. The molecule has 0 bridgehead atoms. The Labute approximate surface area is 108 Å². The van der Waals surface area contributed by atoms with Gasteiger partial charge in [0.1, 0.15) is 0 Å². The van der Waals surface area contributed by atoms with Crippen LogP contribution in [0.1, 0.15) is 41.4 Å². The van der Waals surface area contributed by atoms with Gasteiger partial charge in [-0.1, -0.05) is 12.1 Å². The van der Waals surface area contributed by atoms with E-state index in [1.165, 1.54) is 34.6 Å². The van der Waals surface area contributed by atoms with Crippen molar-refractivity contribution in [2.75, 3.05) is 0 Å². The minimum absolute atomic E-state index is 0.221. The van der Waals surface area contributed by atoms with Gasteiger partial charge in [0, 0.05) is 23.1 Å². The molecule has 18 heavy (non-hydrogen) atoms. The summed E-state index contributed by atoms with van der Waals surface area (Å²) >= 11 is 0. The first-order valence-electron chi connectivity index (χ1n) is 6.70. The molecule has 94 valence electrons. The monoisotopic (exact) mass is 240 g/mol. The smallest absolute Gasteiger partial charge is 0.0457 e. The number of nitrogens with two attached hydrogens (primary N) is 1. The van der Waals surface area contributed by atoms with Crippen LogP contribution in [-0.4, -0.2) is 4.57 Å². The van der Waals surface area contributed by atoms with Crippen LogP contribution in [0.3, 0.4) is 0 Å². The van der Waals surface area contributed by atoms with E-state index < -0.39 is 0 Å². The molecule has 1 atom stereocenters. The normalized spacial score (nSPS) is 18.7. The molecule has 0 saturated carbocycles. The molecule has 0 amide bonds. The van der Waals surface area contributed by atoms with Gasteiger partial charge in [0.25, 0.3) is 0 Å². The number of nitrogens with zero attached hydrogens (tertiary/aromatic N) is 1. The first kappa shape index (κ1) is 11.5. The van der Waals surface area contributed by atoms with Crippen LogP contribution in [-0.2, 0) is 6.42 Å². The summed E-state index contributed by atoms with van der Waals surface area (Å²) in [6.07, 6.45) is 3.46. The van der Waals surface area contributed by atoms with Gasteiger partial charge in [0.15, 0.2) is 0 Å². The van der Waals surface area contributed by atoms with Gasteiger partial charge in [-0.2, -0.15) is 0 Å². The SMILES string of the molecule is Cc1cccc(-n2c(C)cc3c2CCCC3N)c1. The van der Waals surface area contributed by atoms with E-state index in [9.17, 15) is 0 Å². The van der Waals surface area contributed by atoms with Crippen LogP contribution in [0.25, 0.3) is 5.69 Å². The molecule has 1 aromatic heterocycles. The Morgan fingerprint density at radius 3 is 2.83 bits per heavy atom. The molecule has 0 saturated heterocycles. The Kier molecular flexibility index (Phi) is 2.75. The number of hydrogen-bond donors (Lipinski definition) is 1. The van der Waals surface area contributed by atoms with Crippen LogP contribution in [0.15, 0.2) is 30.3 Å². The average Bonchev–Trinajstić information content (AvgIpc) is 2.67. The highest BCUT2D eigenvalue weighted by Gasteiger charge is 2.22. The van der Waals surface area contributed by atoms with Crippen molar-refractivity contribution in [1.29, 1.82) is 0 Å². The van der Waals surface area contributed by atoms with Crippen LogP contribution in [0.5, 0.6) is 0 Å². The van der Waals surface area contributed by atoms with Gasteiger partial charge in [0.2, 0.25) is 0 Å². The summed E-state index contributed by atoms with van der Waals surface area (Å²) in [5, 5.41) is 0. The molecule has 2 aromatic rings. The molecule has 1 heterocycles. The highest BCUT2D eigenvalue weighted by molar-refractivity contribution is 5.44. The Balaban J connectivity index is 2.18. The predicted octanol–water partition coefficient (Wildman–Crippen LogP) is 3.43. The summed E-state index contributed by atoms with van der Waals surface area (Å²) in [5.74, 6) is 0. The Hall–Kier alpha value is -1.54. The second-order valence-electron chi connectivity index (χ2n) is 5.36. The van der Waals surface area contributed by atoms with E-state index in [-0.39, 0.29) is 6.04 Å². The fraction of sp³-hybridized carbons (Fsp3) is 0.375. The highest BCUT2D eigenvalue weighted by Crippen LogP contribution is 2.32. The van der Waals surface area contributed by atoms with Crippen molar-refractivity contribution in [3.05, 3.63) is 52.8 Å². The third-order valence-electron chi connectivity index (χ3n) is 3.91. The molecule has 0 aliphatic heterocycles. The summed E-state index contributed by atoms with van der Waals surface area (Å²) in [7, 11) is 0. The molecular formula is C16H20N2. The van der Waals surface area contributed by atoms with E-state index in [4.69, 9.17) is 5.73 Å². The zero-order valence-electron chi connectivity index (χ0n) is 11.1. The molecule has 1 aromatic carbocycles. The van der Waals surface area contributed by atoms with E-state index in [2.05, 4.69) is 48.7 Å². The molecule has 3 rings (SSSR count). The van der Waals surface area contributed by atoms with Gasteiger partial charge < -0.3 is 10.3 Å². The minimum Gasteiger partial charge on any atom is -0.324 e. The molecule has 0 fully saturated rings. The quantitative estimate of drug-likeness (QED) is 0.813. The molecule has 0 radical (unpaired) electrons. The van der Waals surface area contributed by atoms with Crippen molar-refractivity contribution in [1.82, 2.24) is 4.57 Å². The van der Waals surface area contributed by atoms with Gasteiger partial charge >= 0.3 is 0 Å². The highest BCUT2D eigenvalue weighted by atomic mass is 15.0. The maximum atomic E-state index is 6.22. The lowest BCUT2D eigenvalue weighted by Crippen LogP contribution is -2.17. The summed E-state index contributed by atoms with van der Waals surface area (Å²) in [6.45, 7) is 4.31. The molecule has 1 aliphatic rings. The van der Waals surface area contributed by atoms with E-state index in [0.29, 0.717) is 0 Å². The van der Waals surface area contributed by atoms with Gasteiger partial charge in [-0.15, -0.1) is 0 Å². The van der Waals surface area contributed by atoms with Crippen molar-refractivity contribution >= 4 is 0 Å². The largest absolute Gasteiger partial charge is 0.324 e. The van der Waals surface area contributed by atoms with Crippen LogP contribution in [0, 0.1) is 13.8 Å². The maximum Gasteiger partial charge on any atom is 0.0457 e. The van der Waals surface area contributed by atoms with Crippen LogP contribution < -0.4 is 5.73 Å². The van der Waals surface area contributed by atoms with E-state index in [1.54, 1.807) is 0 Å². The van der Waals surface area contributed by atoms with E-state index in [1.807, 2.05) is 0 Å². The lowest BCUT2D eigenvalue weighted by Gasteiger charge is -2.21. The molecule has 0 spiro atoms. The lowest BCUT2D eigenvalue weighted by atomic mass is 9.93. The first-order valence-corrected chi connectivity index (χ1v) is 6.70. The lowest BCUT2D eigenvalue weighted by molar-refractivity contribution is 0.560. The van der Waals surface area contributed by atoms with Crippen LogP contribution in [0.2, 0.25) is 0 Å². The molecule has 2 N–H and O–H groups in total. The summed E-state index contributed by atoms with van der Waals surface area (Å²) < 4.78 is 2.38. The van der Waals surface area contributed by atoms with E-state index >= 15 is 0 Å². The van der Waals surface area contributed by atoms with Crippen molar-refractivity contribution in [3.63, 3.8) is 0 Å². The van der Waals surface area contributed by atoms with Crippen LogP contribution in [0.4, 0.5) is 0 Å². The molecule has 2 nitrogen and oxygen atoms in total. The Bertz CT molecular complexity index is 581. The molecule has 1 unspecified atom stereocenters. The molecule has 1 aliphatic carbocycles. The van der Waals surface area contributed by atoms with Crippen molar-refractivity contribution < 1.29 is 0 Å². The Morgan fingerprint density at radius 2 is 2.06 bits per heavy atom. The summed E-state index contributed by atoms with van der Waals surface area (Å²) in [4.78, 5) is 0. The average molecular weight is 240 g/mol. The predicted molar refractivity (Wildman–Crippen MR) is 75.1 cm³/mol. The van der Waals surface area contributed by atoms with Crippen LogP contribution >= 0.6 is 0 Å². The fourth-order valence-corrected chi connectivity index (χ4v) is 3.06. The third kappa shape index (κ3) is 1.77. The van der Waals surface area contributed by atoms with Gasteiger partial charge in [-0.05, 0) is 62.4 Å². The second kappa shape index (κ2) is 4.29. The zero-order chi connectivity index (χ0) is 12.7. The van der Waals surface area contributed by atoms with E-state index in [0.717, 1.165) is 12.8 Å².